The van der Waals surface area contributed by atoms with Crippen molar-refractivity contribution in [1.29, 1.82) is 0 Å². The molecule has 182 valence electrons. The molecule has 1 heterocycles. The van der Waals surface area contributed by atoms with Gasteiger partial charge in [-0.2, -0.15) is 10.1 Å². The maximum Gasteiger partial charge on any atom is 0.292 e. The van der Waals surface area contributed by atoms with Crippen molar-refractivity contribution in [2.24, 2.45) is 0 Å². The molecule has 3 aromatic rings. The second kappa shape index (κ2) is 11.0. The molecule has 0 atom stereocenters. The number of hydroxylamine groups is 2. The Morgan fingerprint density at radius 3 is 1.89 bits per heavy atom. The molecule has 0 saturated carbocycles. The lowest BCUT2D eigenvalue weighted by molar-refractivity contribution is -0.683. The molecule has 0 fully saturated rings. The molecule has 12 nitrogen and oxygen atoms in total. The summed E-state index contributed by atoms with van der Waals surface area (Å²) in [5.41, 5.74) is 1.20. The molecule has 4 amide bonds. The van der Waals surface area contributed by atoms with E-state index in [0.717, 1.165) is 0 Å². The number of aromatic nitrogens is 2. The standard InChI is InChI=1S/C23H24N6O6/c1-16(30)24-18-5-3-7-20(11-18)28(34)22(32)13-26-9-10-27(15-26)14-23(33)29(35)21-8-4-6-19(12-21)25-17(2)31/h3-12,15,34-35H,13-14H2,1-2H3,(H-,24,25,30,31)/p+1. The zero-order valence-electron chi connectivity index (χ0n) is 19.1. The summed E-state index contributed by atoms with van der Waals surface area (Å²) < 4.78 is 2.91. The quantitative estimate of drug-likeness (QED) is 0.218. The minimum absolute atomic E-state index is 0.175. The van der Waals surface area contributed by atoms with Crippen LogP contribution in [-0.2, 0) is 32.3 Å². The summed E-state index contributed by atoms with van der Waals surface area (Å²) in [7, 11) is 0. The summed E-state index contributed by atoms with van der Waals surface area (Å²) in [4.78, 5) is 47.4. The van der Waals surface area contributed by atoms with Crippen LogP contribution < -0.4 is 25.3 Å². The van der Waals surface area contributed by atoms with Crippen molar-refractivity contribution < 1.29 is 34.2 Å². The molecule has 0 bridgehead atoms. The minimum Gasteiger partial charge on any atom is -0.326 e. The number of hydrogen-bond acceptors (Lipinski definition) is 6. The van der Waals surface area contributed by atoms with Crippen molar-refractivity contribution in [3.63, 3.8) is 0 Å². The number of anilines is 4. The van der Waals surface area contributed by atoms with E-state index < -0.39 is 11.8 Å². The summed E-state index contributed by atoms with van der Waals surface area (Å²) in [5.74, 6) is -1.88. The van der Waals surface area contributed by atoms with Crippen molar-refractivity contribution in [2.45, 2.75) is 26.9 Å². The Hall–Kier alpha value is -4.55. The van der Waals surface area contributed by atoms with E-state index in [1.54, 1.807) is 24.3 Å². The first-order valence-corrected chi connectivity index (χ1v) is 10.5. The van der Waals surface area contributed by atoms with Crippen molar-refractivity contribution in [3.8, 4) is 0 Å². The van der Waals surface area contributed by atoms with Gasteiger partial charge < -0.3 is 10.6 Å². The second-order valence-corrected chi connectivity index (χ2v) is 7.63. The number of benzene rings is 2. The van der Waals surface area contributed by atoms with Crippen LogP contribution in [0.2, 0.25) is 0 Å². The van der Waals surface area contributed by atoms with Gasteiger partial charge in [0.15, 0.2) is 13.1 Å². The molecule has 0 radical (unpaired) electrons. The highest BCUT2D eigenvalue weighted by atomic mass is 16.5. The summed E-state index contributed by atoms with van der Waals surface area (Å²) in [6.07, 6.45) is 4.54. The predicted octanol–water partition coefficient (Wildman–Crippen LogP) is 1.54. The summed E-state index contributed by atoms with van der Waals surface area (Å²) >= 11 is 0. The molecule has 0 unspecified atom stereocenters. The largest absolute Gasteiger partial charge is 0.326 e. The molecule has 35 heavy (non-hydrogen) atoms. The van der Waals surface area contributed by atoms with Gasteiger partial charge in [-0.25, -0.2) is 9.13 Å². The number of rotatable bonds is 8. The summed E-state index contributed by atoms with van der Waals surface area (Å²) in [6, 6.07) is 12.3. The maximum absolute atomic E-state index is 12.5. The van der Waals surface area contributed by atoms with Crippen molar-refractivity contribution in [3.05, 3.63) is 67.3 Å². The first-order chi connectivity index (χ1) is 16.6. The Labute approximate surface area is 200 Å². The average Bonchev–Trinajstić information content (AvgIpc) is 3.24. The predicted molar refractivity (Wildman–Crippen MR) is 125 cm³/mol. The molecule has 2 aromatic carbocycles. The number of carbonyl (C=O) groups excluding carboxylic acids is 4. The summed E-state index contributed by atoms with van der Waals surface area (Å²) in [6.45, 7) is 2.23. The van der Waals surface area contributed by atoms with E-state index >= 15 is 0 Å². The third-order valence-corrected chi connectivity index (χ3v) is 4.68. The topological polar surface area (TPSA) is 148 Å². The zero-order chi connectivity index (χ0) is 25.5. The number of nitrogens with zero attached hydrogens (tertiary/aromatic N) is 4. The summed E-state index contributed by atoms with van der Waals surface area (Å²) in [5, 5.41) is 26.6. The van der Waals surface area contributed by atoms with Crippen LogP contribution in [0, 0.1) is 0 Å². The molecule has 12 heteroatoms. The molecule has 4 N–H and O–H groups in total. The van der Waals surface area contributed by atoms with E-state index in [0.29, 0.717) is 21.5 Å². The van der Waals surface area contributed by atoms with Gasteiger partial charge in [-0.05, 0) is 36.4 Å². The van der Waals surface area contributed by atoms with Gasteiger partial charge in [-0.1, -0.05) is 12.1 Å². The molecular formula is C23H25N6O6+. The van der Waals surface area contributed by atoms with Gasteiger partial charge in [0.25, 0.3) is 11.8 Å². The SMILES string of the molecule is CC(=O)Nc1cccc(N(O)C(=O)Cn2cc[n+](CC(=O)N(O)c3cccc(NC(C)=O)c3)c2)c1. The number of hydrogen-bond donors (Lipinski definition) is 4. The first-order valence-electron chi connectivity index (χ1n) is 10.5. The first kappa shape index (κ1) is 25.1. The van der Waals surface area contributed by atoms with Gasteiger partial charge in [0.05, 0.1) is 11.4 Å². The smallest absolute Gasteiger partial charge is 0.292 e. The highest BCUT2D eigenvalue weighted by Crippen LogP contribution is 2.19. The normalized spacial score (nSPS) is 10.4. The van der Waals surface area contributed by atoms with Crippen molar-refractivity contribution in [2.75, 3.05) is 20.8 Å². The molecule has 0 saturated heterocycles. The van der Waals surface area contributed by atoms with E-state index in [1.165, 1.54) is 66.0 Å². The highest BCUT2D eigenvalue weighted by Gasteiger charge is 2.20. The lowest BCUT2D eigenvalue weighted by atomic mass is 10.2. The molecule has 1 aromatic heterocycles. The van der Waals surface area contributed by atoms with Crippen LogP contribution in [0.25, 0.3) is 0 Å². The number of imidazole rings is 1. The molecule has 3 rings (SSSR count). The van der Waals surface area contributed by atoms with E-state index in [9.17, 15) is 29.6 Å². The molecule has 0 aliphatic heterocycles. The van der Waals surface area contributed by atoms with Gasteiger partial charge in [0.2, 0.25) is 18.1 Å². The maximum atomic E-state index is 12.5. The Kier molecular flexibility index (Phi) is 7.92. The zero-order valence-corrected chi connectivity index (χ0v) is 19.1. The Bertz CT molecular complexity index is 1160. The van der Waals surface area contributed by atoms with E-state index in [4.69, 9.17) is 0 Å². The van der Waals surface area contributed by atoms with Crippen molar-refractivity contribution >= 4 is 46.4 Å². The lowest BCUT2D eigenvalue weighted by Crippen LogP contribution is -2.43. The van der Waals surface area contributed by atoms with Crippen LogP contribution in [0.3, 0.4) is 0 Å². The molecule has 0 aliphatic rings. The van der Waals surface area contributed by atoms with Crippen LogP contribution >= 0.6 is 0 Å². The molecule has 0 spiro atoms. The van der Waals surface area contributed by atoms with Gasteiger partial charge in [-0.3, -0.25) is 29.6 Å². The number of nitrogens with one attached hydrogen (secondary N) is 2. The fraction of sp³-hybridized carbons (Fsp3) is 0.174. The van der Waals surface area contributed by atoms with E-state index in [2.05, 4.69) is 10.6 Å². The van der Waals surface area contributed by atoms with Gasteiger partial charge in [-0.15, -0.1) is 0 Å². The molecule has 0 aliphatic carbocycles. The monoisotopic (exact) mass is 481 g/mol. The van der Waals surface area contributed by atoms with Crippen LogP contribution in [0.5, 0.6) is 0 Å². The van der Waals surface area contributed by atoms with E-state index in [-0.39, 0.29) is 36.3 Å². The third-order valence-electron chi connectivity index (χ3n) is 4.68. The fourth-order valence-electron chi connectivity index (χ4n) is 3.20. The third kappa shape index (κ3) is 6.96. The Morgan fingerprint density at radius 2 is 1.37 bits per heavy atom. The van der Waals surface area contributed by atoms with Crippen LogP contribution in [0.4, 0.5) is 22.7 Å². The Morgan fingerprint density at radius 1 is 0.857 bits per heavy atom. The Balaban J connectivity index is 1.61. The van der Waals surface area contributed by atoms with Gasteiger partial charge in [0.1, 0.15) is 12.4 Å². The van der Waals surface area contributed by atoms with Gasteiger partial charge in [0, 0.05) is 25.2 Å². The number of carbonyl (C=O) groups is 4. The van der Waals surface area contributed by atoms with Crippen molar-refractivity contribution in [1.82, 2.24) is 4.57 Å². The molecular weight excluding hydrogens is 456 g/mol. The average molecular weight is 481 g/mol. The highest BCUT2D eigenvalue weighted by molar-refractivity contribution is 5.94. The van der Waals surface area contributed by atoms with Gasteiger partial charge >= 0.3 is 0 Å². The van der Waals surface area contributed by atoms with Crippen LogP contribution in [-0.4, -0.2) is 38.6 Å². The van der Waals surface area contributed by atoms with Crippen LogP contribution in [0.15, 0.2) is 67.3 Å². The lowest BCUT2D eigenvalue weighted by Gasteiger charge is -2.15. The van der Waals surface area contributed by atoms with Crippen LogP contribution in [0.1, 0.15) is 13.8 Å². The number of amides is 4. The van der Waals surface area contributed by atoms with E-state index in [1.807, 2.05) is 0 Å². The minimum atomic E-state index is -0.655. The second-order valence-electron chi connectivity index (χ2n) is 7.63. The fourth-order valence-corrected chi connectivity index (χ4v) is 3.20.